The molecule has 0 saturated heterocycles. The largest absolute Gasteiger partial charge is 0.444 e. The smallest absolute Gasteiger partial charge is 0.413 e. The van der Waals surface area contributed by atoms with Gasteiger partial charge in [0.15, 0.2) is 5.82 Å². The number of aromatic amines is 1. The third kappa shape index (κ3) is 6.50. The molecule has 1 heterocycles. The molecule has 0 aliphatic heterocycles. The number of H-pyrrole nitrogens is 1. The van der Waals surface area contributed by atoms with E-state index in [1.807, 2.05) is 77.1 Å². The SMILES string of the molecule is CC(C)(C)OC(=O)Nc1n[nH]c2ccc(-c3ccc(C(C)(C)NC(=O)OC(C)(C)C)cc3)cc12. The van der Waals surface area contributed by atoms with Gasteiger partial charge >= 0.3 is 12.2 Å². The molecule has 0 radical (unpaired) electrons. The van der Waals surface area contributed by atoms with Crippen LogP contribution in [0, 0.1) is 0 Å². The molecule has 0 atom stereocenters. The van der Waals surface area contributed by atoms with E-state index in [9.17, 15) is 9.59 Å². The van der Waals surface area contributed by atoms with Crippen LogP contribution in [-0.2, 0) is 15.0 Å². The van der Waals surface area contributed by atoms with Gasteiger partial charge in [-0.15, -0.1) is 0 Å². The Labute approximate surface area is 200 Å². The maximum atomic E-state index is 12.2. The van der Waals surface area contributed by atoms with Crippen LogP contribution >= 0.6 is 0 Å². The zero-order chi connectivity index (χ0) is 25.3. The number of hydrogen-bond donors (Lipinski definition) is 3. The number of carbonyl (C=O) groups is 2. The molecule has 0 aliphatic rings. The lowest BCUT2D eigenvalue weighted by Gasteiger charge is -2.29. The van der Waals surface area contributed by atoms with E-state index in [-0.39, 0.29) is 0 Å². The molecule has 0 bridgehead atoms. The minimum absolute atomic E-state index is 0.408. The molecule has 0 aliphatic carbocycles. The molecule has 3 rings (SSSR count). The van der Waals surface area contributed by atoms with Crippen molar-refractivity contribution in [3.63, 3.8) is 0 Å². The van der Waals surface area contributed by atoms with Crippen molar-refractivity contribution in [3.05, 3.63) is 48.0 Å². The molecule has 0 saturated carbocycles. The summed E-state index contributed by atoms with van der Waals surface area (Å²) < 4.78 is 10.7. The molecule has 2 amide bonds. The first-order valence-electron chi connectivity index (χ1n) is 11.2. The lowest BCUT2D eigenvalue weighted by atomic mass is 9.92. The second-order valence-electron chi connectivity index (χ2n) is 10.8. The van der Waals surface area contributed by atoms with E-state index in [1.54, 1.807) is 20.8 Å². The van der Waals surface area contributed by atoms with Gasteiger partial charge in [-0.25, -0.2) is 9.59 Å². The molecule has 0 unspecified atom stereocenters. The maximum Gasteiger partial charge on any atom is 0.413 e. The fraction of sp³-hybridized carbons (Fsp3) is 0.423. The lowest BCUT2D eigenvalue weighted by molar-refractivity contribution is 0.0469. The topological polar surface area (TPSA) is 105 Å². The minimum atomic E-state index is -0.611. The predicted molar refractivity (Wildman–Crippen MR) is 134 cm³/mol. The lowest BCUT2D eigenvalue weighted by Crippen LogP contribution is -2.43. The predicted octanol–water partition coefficient (Wildman–Crippen LogP) is 6.34. The minimum Gasteiger partial charge on any atom is -0.444 e. The van der Waals surface area contributed by atoms with Crippen LogP contribution in [0.15, 0.2) is 42.5 Å². The first-order chi connectivity index (χ1) is 15.6. The van der Waals surface area contributed by atoms with Crippen molar-refractivity contribution in [1.82, 2.24) is 15.5 Å². The van der Waals surface area contributed by atoms with Crippen LogP contribution in [0.2, 0.25) is 0 Å². The van der Waals surface area contributed by atoms with E-state index in [0.717, 1.165) is 27.6 Å². The Morgan fingerprint density at radius 2 is 1.35 bits per heavy atom. The van der Waals surface area contributed by atoms with Crippen molar-refractivity contribution in [2.24, 2.45) is 0 Å². The summed E-state index contributed by atoms with van der Waals surface area (Å²) in [7, 11) is 0. The van der Waals surface area contributed by atoms with Crippen LogP contribution in [0.1, 0.15) is 61.0 Å². The molecule has 8 heteroatoms. The summed E-state index contributed by atoms with van der Waals surface area (Å²) in [5.41, 5.74) is 1.92. The van der Waals surface area contributed by atoms with Crippen molar-refractivity contribution < 1.29 is 19.1 Å². The molecule has 2 aromatic carbocycles. The fourth-order valence-electron chi connectivity index (χ4n) is 3.40. The maximum absolute atomic E-state index is 12.2. The molecule has 0 fully saturated rings. The highest BCUT2D eigenvalue weighted by Gasteiger charge is 2.26. The summed E-state index contributed by atoms with van der Waals surface area (Å²) in [6.07, 6.45) is -1.02. The first kappa shape index (κ1) is 25.1. The quantitative estimate of drug-likeness (QED) is 0.416. The van der Waals surface area contributed by atoms with Crippen LogP contribution in [0.5, 0.6) is 0 Å². The summed E-state index contributed by atoms with van der Waals surface area (Å²) in [6, 6.07) is 13.8. The summed E-state index contributed by atoms with van der Waals surface area (Å²) in [6.45, 7) is 14.8. The number of rotatable bonds is 4. The number of fused-ring (bicyclic) bond motifs is 1. The van der Waals surface area contributed by atoms with Gasteiger partial charge in [-0.1, -0.05) is 30.3 Å². The third-order valence-corrected chi connectivity index (χ3v) is 4.94. The van der Waals surface area contributed by atoms with Crippen molar-refractivity contribution in [1.29, 1.82) is 0 Å². The third-order valence-electron chi connectivity index (χ3n) is 4.94. The zero-order valence-electron chi connectivity index (χ0n) is 21.1. The molecular weight excluding hydrogens is 432 g/mol. The number of nitrogens with zero attached hydrogens (tertiary/aromatic N) is 1. The van der Waals surface area contributed by atoms with Gasteiger partial charge < -0.3 is 14.8 Å². The van der Waals surface area contributed by atoms with Crippen molar-refractivity contribution in [2.45, 2.75) is 72.1 Å². The van der Waals surface area contributed by atoms with Crippen molar-refractivity contribution >= 4 is 28.9 Å². The fourth-order valence-corrected chi connectivity index (χ4v) is 3.40. The molecule has 34 heavy (non-hydrogen) atoms. The average Bonchev–Trinajstić information content (AvgIpc) is 3.06. The van der Waals surface area contributed by atoms with Gasteiger partial charge in [-0.3, -0.25) is 10.4 Å². The highest BCUT2D eigenvalue weighted by atomic mass is 16.6. The van der Waals surface area contributed by atoms with E-state index in [4.69, 9.17) is 9.47 Å². The number of nitrogens with one attached hydrogen (secondary N) is 3. The monoisotopic (exact) mass is 466 g/mol. The highest BCUT2D eigenvalue weighted by molar-refractivity contribution is 5.99. The van der Waals surface area contributed by atoms with E-state index < -0.39 is 28.9 Å². The Hall–Kier alpha value is -3.55. The number of alkyl carbamates (subject to hydrolysis) is 1. The number of ether oxygens (including phenoxy) is 2. The van der Waals surface area contributed by atoms with Crippen LogP contribution in [0.25, 0.3) is 22.0 Å². The molecule has 3 N–H and O–H groups in total. The van der Waals surface area contributed by atoms with Gasteiger partial charge in [0.2, 0.25) is 0 Å². The molecule has 182 valence electrons. The van der Waals surface area contributed by atoms with E-state index in [0.29, 0.717) is 5.82 Å². The van der Waals surface area contributed by atoms with Gasteiger partial charge in [0.05, 0.1) is 11.1 Å². The summed E-state index contributed by atoms with van der Waals surface area (Å²) in [5.74, 6) is 0.408. The van der Waals surface area contributed by atoms with E-state index in [2.05, 4.69) is 20.8 Å². The molecular formula is C26H34N4O4. The highest BCUT2D eigenvalue weighted by Crippen LogP contribution is 2.30. The summed E-state index contributed by atoms with van der Waals surface area (Å²) >= 11 is 0. The Balaban J connectivity index is 1.80. The average molecular weight is 467 g/mol. The molecule has 8 nitrogen and oxygen atoms in total. The second-order valence-corrected chi connectivity index (χ2v) is 10.8. The number of amides is 2. The Morgan fingerprint density at radius 1 is 0.794 bits per heavy atom. The van der Waals surface area contributed by atoms with E-state index in [1.165, 1.54) is 0 Å². The Bertz CT molecular complexity index is 1180. The number of carbonyl (C=O) groups excluding carboxylic acids is 2. The summed E-state index contributed by atoms with van der Waals surface area (Å²) in [5, 5.41) is 13.5. The van der Waals surface area contributed by atoms with Gasteiger partial charge in [0.1, 0.15) is 11.2 Å². The molecule has 0 spiro atoms. The van der Waals surface area contributed by atoms with E-state index >= 15 is 0 Å². The van der Waals surface area contributed by atoms with Crippen LogP contribution in [-0.4, -0.2) is 33.6 Å². The Kier molecular flexibility index (Phi) is 6.64. The van der Waals surface area contributed by atoms with Crippen LogP contribution in [0.4, 0.5) is 15.4 Å². The number of anilines is 1. The second kappa shape index (κ2) is 9.00. The summed E-state index contributed by atoms with van der Waals surface area (Å²) in [4.78, 5) is 24.4. The van der Waals surface area contributed by atoms with Gasteiger partial charge in [-0.2, -0.15) is 5.10 Å². The van der Waals surface area contributed by atoms with Gasteiger partial charge in [0.25, 0.3) is 0 Å². The Morgan fingerprint density at radius 3 is 1.94 bits per heavy atom. The standard InChI is InChI=1S/C26H34N4O4/c1-24(2,3)33-22(31)27-21-19-15-17(11-14-20(19)29-30-21)16-9-12-18(13-10-16)26(7,8)28-23(32)34-25(4,5)6/h9-15H,1-8H3,(H,28,32)(H2,27,29,30,31). The normalized spacial score (nSPS) is 12.4. The van der Waals surface area contributed by atoms with Crippen LogP contribution in [0.3, 0.4) is 0 Å². The first-order valence-corrected chi connectivity index (χ1v) is 11.2. The zero-order valence-corrected chi connectivity index (χ0v) is 21.1. The van der Waals surface area contributed by atoms with Gasteiger partial charge in [-0.05, 0) is 84.2 Å². The van der Waals surface area contributed by atoms with Crippen molar-refractivity contribution in [3.8, 4) is 11.1 Å². The number of aromatic nitrogens is 2. The van der Waals surface area contributed by atoms with Crippen molar-refractivity contribution in [2.75, 3.05) is 5.32 Å². The molecule has 3 aromatic rings. The number of hydrogen-bond acceptors (Lipinski definition) is 5. The number of benzene rings is 2. The van der Waals surface area contributed by atoms with Gasteiger partial charge in [0, 0.05) is 5.39 Å². The van der Waals surface area contributed by atoms with Crippen LogP contribution < -0.4 is 10.6 Å². The molecule has 1 aromatic heterocycles.